The summed E-state index contributed by atoms with van der Waals surface area (Å²) in [7, 11) is 0. The molecule has 1 aliphatic heterocycles. The number of H-pyrrole nitrogens is 1. The lowest BCUT2D eigenvalue weighted by Crippen LogP contribution is -2.40. The molecule has 1 fully saturated rings. The summed E-state index contributed by atoms with van der Waals surface area (Å²) in [6, 6.07) is 6.90. The Bertz CT molecular complexity index is 545. The van der Waals surface area contributed by atoms with Crippen molar-refractivity contribution in [3.05, 3.63) is 36.2 Å². The van der Waals surface area contributed by atoms with Gasteiger partial charge in [-0.1, -0.05) is 6.07 Å². The highest BCUT2D eigenvalue weighted by molar-refractivity contribution is 5.52. The van der Waals surface area contributed by atoms with E-state index >= 15 is 0 Å². The summed E-state index contributed by atoms with van der Waals surface area (Å²) in [5.74, 6) is 0.765. The van der Waals surface area contributed by atoms with Crippen LogP contribution in [0.5, 0.6) is 0 Å². The minimum atomic E-state index is 0.661. The number of aromatic amines is 1. The van der Waals surface area contributed by atoms with E-state index in [9.17, 15) is 0 Å². The summed E-state index contributed by atoms with van der Waals surface area (Å²) < 4.78 is 0. The van der Waals surface area contributed by atoms with E-state index in [1.54, 1.807) is 6.20 Å². The first-order chi connectivity index (χ1) is 10.2. The van der Waals surface area contributed by atoms with Crippen LogP contribution < -0.4 is 0 Å². The van der Waals surface area contributed by atoms with Gasteiger partial charge in [0.05, 0.1) is 11.4 Å². The van der Waals surface area contributed by atoms with Crippen LogP contribution in [0.15, 0.2) is 30.6 Å². The summed E-state index contributed by atoms with van der Waals surface area (Å²) in [6.45, 7) is 7.07. The van der Waals surface area contributed by atoms with Gasteiger partial charge in [-0.15, -0.1) is 0 Å². The Balaban J connectivity index is 1.62. The predicted molar refractivity (Wildman–Crippen MR) is 85.0 cm³/mol. The minimum Gasteiger partial charge on any atom is -0.301 e. The maximum absolute atomic E-state index is 4.56. The molecule has 1 atom stereocenters. The molecule has 0 aromatic carbocycles. The molecule has 3 heterocycles. The van der Waals surface area contributed by atoms with Crippen LogP contribution in [0.1, 0.15) is 32.3 Å². The van der Waals surface area contributed by atoms with E-state index in [0.717, 1.165) is 23.7 Å². The van der Waals surface area contributed by atoms with Gasteiger partial charge in [0.15, 0.2) is 0 Å². The van der Waals surface area contributed by atoms with Crippen LogP contribution in [0.4, 0.5) is 0 Å². The Labute approximate surface area is 126 Å². The molecular weight excluding hydrogens is 260 g/mol. The smallest absolute Gasteiger partial charge is 0.0880 e. The Morgan fingerprint density at radius 1 is 1.33 bits per heavy atom. The van der Waals surface area contributed by atoms with Crippen LogP contribution in [0.25, 0.3) is 11.4 Å². The summed E-state index contributed by atoms with van der Waals surface area (Å²) in [5.41, 5.74) is 3.28. The standard InChI is InChI=1S/C17H24N4/c1-13(2)21-9-3-4-15(12-21)10-14-5-6-16(18-11-14)17-7-8-19-20-17/h5-8,11,13,15H,3-4,9-10,12H2,1-2H3,(H,19,20)/t15-/m0/s1. The maximum atomic E-state index is 4.56. The number of pyridine rings is 1. The molecule has 4 nitrogen and oxygen atoms in total. The number of nitrogens with one attached hydrogen (secondary N) is 1. The topological polar surface area (TPSA) is 44.8 Å². The van der Waals surface area contributed by atoms with Gasteiger partial charge in [-0.3, -0.25) is 10.1 Å². The van der Waals surface area contributed by atoms with Gasteiger partial charge in [0.25, 0.3) is 0 Å². The molecule has 1 aliphatic rings. The molecule has 112 valence electrons. The van der Waals surface area contributed by atoms with Crippen molar-refractivity contribution in [3.8, 4) is 11.4 Å². The minimum absolute atomic E-state index is 0.661. The van der Waals surface area contributed by atoms with E-state index in [0.29, 0.717) is 6.04 Å². The lowest BCUT2D eigenvalue weighted by molar-refractivity contribution is 0.139. The monoisotopic (exact) mass is 284 g/mol. The molecular formula is C17H24N4. The fraction of sp³-hybridized carbons (Fsp3) is 0.529. The van der Waals surface area contributed by atoms with Crippen molar-refractivity contribution in [2.45, 2.75) is 39.2 Å². The second kappa shape index (κ2) is 6.39. The Hall–Kier alpha value is -1.68. The van der Waals surface area contributed by atoms with Crippen LogP contribution in [-0.4, -0.2) is 39.2 Å². The average Bonchev–Trinajstić information content (AvgIpc) is 3.02. The van der Waals surface area contributed by atoms with Crippen LogP contribution in [0, 0.1) is 5.92 Å². The molecule has 3 rings (SSSR count). The third-order valence-corrected chi connectivity index (χ3v) is 4.41. The first-order valence-electron chi connectivity index (χ1n) is 7.91. The van der Waals surface area contributed by atoms with Crippen LogP contribution in [0.2, 0.25) is 0 Å². The second-order valence-corrected chi connectivity index (χ2v) is 6.32. The number of hydrogen-bond donors (Lipinski definition) is 1. The van der Waals surface area contributed by atoms with E-state index in [-0.39, 0.29) is 0 Å². The normalized spacial score (nSPS) is 20.0. The van der Waals surface area contributed by atoms with Gasteiger partial charge < -0.3 is 4.90 Å². The molecule has 0 unspecified atom stereocenters. The number of aromatic nitrogens is 3. The molecule has 1 saturated heterocycles. The van der Waals surface area contributed by atoms with Gasteiger partial charge in [-0.05, 0) is 63.3 Å². The molecule has 2 aromatic rings. The third kappa shape index (κ3) is 3.50. The average molecular weight is 284 g/mol. The largest absolute Gasteiger partial charge is 0.301 e. The van der Waals surface area contributed by atoms with Gasteiger partial charge in [-0.25, -0.2) is 0 Å². The van der Waals surface area contributed by atoms with Crippen molar-refractivity contribution < 1.29 is 0 Å². The molecule has 0 aliphatic carbocycles. The molecule has 1 N–H and O–H groups in total. The highest BCUT2D eigenvalue weighted by atomic mass is 15.2. The number of piperidine rings is 1. The van der Waals surface area contributed by atoms with E-state index in [4.69, 9.17) is 0 Å². The Morgan fingerprint density at radius 3 is 2.90 bits per heavy atom. The number of nitrogens with zero attached hydrogens (tertiary/aromatic N) is 3. The molecule has 0 amide bonds. The third-order valence-electron chi connectivity index (χ3n) is 4.41. The second-order valence-electron chi connectivity index (χ2n) is 6.32. The van der Waals surface area contributed by atoms with Gasteiger partial charge in [-0.2, -0.15) is 5.10 Å². The van der Waals surface area contributed by atoms with Crippen LogP contribution in [0.3, 0.4) is 0 Å². The summed E-state index contributed by atoms with van der Waals surface area (Å²) >= 11 is 0. The van der Waals surface area contributed by atoms with Gasteiger partial charge in [0, 0.05) is 25.0 Å². The maximum Gasteiger partial charge on any atom is 0.0880 e. The number of hydrogen-bond acceptors (Lipinski definition) is 3. The van der Waals surface area contributed by atoms with Crippen molar-refractivity contribution >= 4 is 0 Å². The molecule has 4 heteroatoms. The van der Waals surface area contributed by atoms with Crippen molar-refractivity contribution in [3.63, 3.8) is 0 Å². The summed E-state index contributed by atoms with van der Waals surface area (Å²) in [6.07, 6.45) is 7.57. The first-order valence-corrected chi connectivity index (χ1v) is 7.91. The lowest BCUT2D eigenvalue weighted by Gasteiger charge is -2.35. The van der Waals surface area contributed by atoms with E-state index in [2.05, 4.69) is 46.1 Å². The number of likely N-dealkylation sites (tertiary alicyclic amines) is 1. The SMILES string of the molecule is CC(C)N1CCC[C@@H](Cc2ccc(-c3ccn[nH]3)nc2)C1. The zero-order valence-electron chi connectivity index (χ0n) is 12.9. The zero-order valence-corrected chi connectivity index (χ0v) is 12.9. The Kier molecular flexibility index (Phi) is 4.34. The fourth-order valence-electron chi connectivity index (χ4n) is 3.17. The highest BCUT2D eigenvalue weighted by Gasteiger charge is 2.21. The van der Waals surface area contributed by atoms with E-state index in [1.165, 1.54) is 31.5 Å². The van der Waals surface area contributed by atoms with Crippen molar-refractivity contribution in [1.29, 1.82) is 0 Å². The van der Waals surface area contributed by atoms with Crippen molar-refractivity contribution in [1.82, 2.24) is 20.1 Å². The summed E-state index contributed by atoms with van der Waals surface area (Å²) in [4.78, 5) is 7.15. The quantitative estimate of drug-likeness (QED) is 0.938. The van der Waals surface area contributed by atoms with Crippen molar-refractivity contribution in [2.75, 3.05) is 13.1 Å². The Morgan fingerprint density at radius 2 is 2.24 bits per heavy atom. The van der Waals surface area contributed by atoms with E-state index in [1.807, 2.05) is 12.3 Å². The van der Waals surface area contributed by atoms with Crippen molar-refractivity contribution in [2.24, 2.45) is 5.92 Å². The first kappa shape index (κ1) is 14.3. The molecule has 0 radical (unpaired) electrons. The fourth-order valence-corrected chi connectivity index (χ4v) is 3.17. The van der Waals surface area contributed by atoms with E-state index < -0.39 is 0 Å². The molecule has 21 heavy (non-hydrogen) atoms. The molecule has 2 aromatic heterocycles. The molecule has 0 spiro atoms. The molecule has 0 saturated carbocycles. The van der Waals surface area contributed by atoms with Gasteiger partial charge >= 0.3 is 0 Å². The lowest BCUT2D eigenvalue weighted by atomic mass is 9.91. The van der Waals surface area contributed by atoms with Gasteiger partial charge in [0.1, 0.15) is 0 Å². The van der Waals surface area contributed by atoms with Crippen LogP contribution in [-0.2, 0) is 6.42 Å². The highest BCUT2D eigenvalue weighted by Crippen LogP contribution is 2.23. The number of rotatable bonds is 4. The zero-order chi connectivity index (χ0) is 14.7. The van der Waals surface area contributed by atoms with Crippen LogP contribution >= 0.6 is 0 Å². The predicted octanol–water partition coefficient (Wildman–Crippen LogP) is 3.13. The summed E-state index contributed by atoms with van der Waals surface area (Å²) in [5, 5.41) is 6.92. The van der Waals surface area contributed by atoms with Gasteiger partial charge in [0.2, 0.25) is 0 Å². The molecule has 0 bridgehead atoms.